The van der Waals surface area contributed by atoms with Gasteiger partial charge in [0.1, 0.15) is 5.82 Å². The van der Waals surface area contributed by atoms with Gasteiger partial charge in [0.25, 0.3) is 0 Å². The lowest BCUT2D eigenvalue weighted by atomic mass is 9.77. The average Bonchev–Trinajstić information content (AvgIpc) is 2.45. The monoisotopic (exact) mass is 284 g/mol. The molecule has 1 unspecified atom stereocenters. The van der Waals surface area contributed by atoms with E-state index < -0.39 is 0 Å². The Morgan fingerprint density at radius 1 is 1.24 bits per heavy atom. The van der Waals surface area contributed by atoms with Crippen LogP contribution in [0, 0.1) is 5.82 Å². The minimum absolute atomic E-state index is 0.173. The number of hydrogen-bond acceptors (Lipinski definition) is 2. The first-order valence-corrected chi connectivity index (χ1v) is 7.74. The second-order valence-corrected chi connectivity index (χ2v) is 5.62. The normalized spacial score (nSPS) is 16.5. The highest BCUT2D eigenvalue weighted by atomic mass is 19.1. The van der Waals surface area contributed by atoms with Crippen LogP contribution in [0.5, 0.6) is 0 Å². The molecule has 0 saturated heterocycles. The summed E-state index contributed by atoms with van der Waals surface area (Å²) in [5.74, 6) is 0.376. The fraction of sp³-hybridized carbons (Fsp3) is 0.389. The smallest absolute Gasteiger partial charge is 0.146 e. The summed E-state index contributed by atoms with van der Waals surface area (Å²) in [5, 5.41) is 3.40. The molecule has 1 saturated carbocycles. The van der Waals surface area contributed by atoms with Crippen molar-refractivity contribution >= 4 is 0 Å². The minimum Gasteiger partial charge on any atom is -0.305 e. The van der Waals surface area contributed by atoms with Gasteiger partial charge in [-0.2, -0.15) is 0 Å². The van der Waals surface area contributed by atoms with Gasteiger partial charge in [-0.25, -0.2) is 4.39 Å². The summed E-state index contributed by atoms with van der Waals surface area (Å²) in [6, 6.07) is 11.4. The van der Waals surface area contributed by atoms with Crippen molar-refractivity contribution in [1.82, 2.24) is 10.3 Å². The molecule has 0 amide bonds. The zero-order chi connectivity index (χ0) is 14.7. The number of pyridine rings is 1. The summed E-state index contributed by atoms with van der Waals surface area (Å²) in [6.45, 7) is 2.82. The van der Waals surface area contributed by atoms with Crippen molar-refractivity contribution in [3.05, 3.63) is 65.2 Å². The van der Waals surface area contributed by atoms with E-state index in [1.54, 1.807) is 12.3 Å². The molecule has 1 aliphatic carbocycles. The Labute approximate surface area is 125 Å². The zero-order valence-electron chi connectivity index (χ0n) is 12.3. The second-order valence-electron chi connectivity index (χ2n) is 5.62. The summed E-state index contributed by atoms with van der Waals surface area (Å²) in [4.78, 5) is 4.28. The summed E-state index contributed by atoms with van der Waals surface area (Å²) < 4.78 is 14.2. The number of rotatable bonds is 5. The Morgan fingerprint density at radius 3 is 2.71 bits per heavy atom. The predicted molar refractivity (Wildman–Crippen MR) is 82.7 cm³/mol. The van der Waals surface area contributed by atoms with Crippen LogP contribution in [0.4, 0.5) is 4.39 Å². The van der Waals surface area contributed by atoms with Crippen molar-refractivity contribution in [1.29, 1.82) is 0 Å². The molecule has 2 aromatic rings. The third kappa shape index (κ3) is 2.84. The van der Waals surface area contributed by atoms with Gasteiger partial charge in [-0.15, -0.1) is 0 Å². The Kier molecular flexibility index (Phi) is 4.30. The minimum atomic E-state index is -0.244. The molecule has 0 radical (unpaired) electrons. The number of nitrogens with one attached hydrogen (secondary N) is 1. The fourth-order valence-corrected chi connectivity index (χ4v) is 3.03. The van der Waals surface area contributed by atoms with Crippen molar-refractivity contribution in [3.63, 3.8) is 0 Å². The van der Waals surface area contributed by atoms with E-state index in [1.807, 2.05) is 13.0 Å². The SMILES string of the molecule is CCNC(c1ccccc1C1CCC1)c1ncccc1F. The molecular weight excluding hydrogens is 263 g/mol. The van der Waals surface area contributed by atoms with Crippen LogP contribution in [0.1, 0.15) is 55.0 Å². The van der Waals surface area contributed by atoms with E-state index in [0.717, 1.165) is 6.54 Å². The van der Waals surface area contributed by atoms with E-state index in [4.69, 9.17) is 0 Å². The Morgan fingerprint density at radius 2 is 2.05 bits per heavy atom. The lowest BCUT2D eigenvalue weighted by Crippen LogP contribution is -2.26. The topological polar surface area (TPSA) is 24.9 Å². The molecule has 3 rings (SSSR count). The number of benzene rings is 1. The van der Waals surface area contributed by atoms with Gasteiger partial charge in [0.2, 0.25) is 0 Å². The molecule has 3 heteroatoms. The van der Waals surface area contributed by atoms with E-state index >= 15 is 0 Å². The van der Waals surface area contributed by atoms with E-state index in [9.17, 15) is 4.39 Å². The number of aromatic nitrogens is 1. The standard InChI is InChI=1S/C18H21FN2/c1-2-20-17(18-16(19)11-6-12-21-18)15-10-4-3-9-14(15)13-7-5-8-13/h3-4,6,9-13,17,20H,2,5,7-8H2,1H3. The Balaban J connectivity index is 2.03. The maximum absolute atomic E-state index is 14.2. The van der Waals surface area contributed by atoms with Gasteiger partial charge in [0.05, 0.1) is 11.7 Å². The van der Waals surface area contributed by atoms with Crippen molar-refractivity contribution < 1.29 is 4.39 Å². The third-order valence-electron chi connectivity index (χ3n) is 4.32. The molecule has 1 aromatic heterocycles. The first kappa shape index (κ1) is 14.2. The molecule has 1 N–H and O–H groups in total. The number of halogens is 1. The Hall–Kier alpha value is -1.74. The van der Waals surface area contributed by atoms with Crippen LogP contribution in [0.25, 0.3) is 0 Å². The van der Waals surface area contributed by atoms with E-state index in [1.165, 1.54) is 36.5 Å². The lowest BCUT2D eigenvalue weighted by Gasteiger charge is -2.30. The van der Waals surface area contributed by atoms with Crippen molar-refractivity contribution in [2.45, 2.75) is 38.1 Å². The number of nitrogens with zero attached hydrogens (tertiary/aromatic N) is 1. The average molecular weight is 284 g/mol. The third-order valence-corrected chi connectivity index (χ3v) is 4.32. The summed E-state index contributed by atoms with van der Waals surface area (Å²) in [6.07, 6.45) is 5.43. The van der Waals surface area contributed by atoms with E-state index in [0.29, 0.717) is 11.6 Å². The predicted octanol–water partition coefficient (Wildman–Crippen LogP) is 4.19. The van der Waals surface area contributed by atoms with Crippen LogP contribution in [-0.2, 0) is 0 Å². The molecule has 0 spiro atoms. The summed E-state index contributed by atoms with van der Waals surface area (Å²) >= 11 is 0. The molecular formula is C18H21FN2. The van der Waals surface area contributed by atoms with Gasteiger partial charge in [0.15, 0.2) is 0 Å². The highest BCUT2D eigenvalue weighted by Crippen LogP contribution is 2.40. The van der Waals surface area contributed by atoms with Gasteiger partial charge in [-0.1, -0.05) is 37.6 Å². The van der Waals surface area contributed by atoms with Crippen LogP contribution in [-0.4, -0.2) is 11.5 Å². The van der Waals surface area contributed by atoms with Gasteiger partial charge in [0, 0.05) is 6.20 Å². The van der Waals surface area contributed by atoms with Crippen LogP contribution in [0.15, 0.2) is 42.6 Å². The van der Waals surface area contributed by atoms with Crippen molar-refractivity contribution in [2.24, 2.45) is 0 Å². The highest BCUT2D eigenvalue weighted by Gasteiger charge is 2.27. The second kappa shape index (κ2) is 6.35. The van der Waals surface area contributed by atoms with Crippen LogP contribution in [0.3, 0.4) is 0 Å². The summed E-state index contributed by atoms with van der Waals surface area (Å²) in [5.41, 5.74) is 3.01. The Bertz CT molecular complexity index is 608. The quantitative estimate of drug-likeness (QED) is 0.890. The molecule has 21 heavy (non-hydrogen) atoms. The molecule has 1 aromatic carbocycles. The van der Waals surface area contributed by atoms with Gasteiger partial charge < -0.3 is 5.32 Å². The van der Waals surface area contributed by atoms with Crippen molar-refractivity contribution in [2.75, 3.05) is 6.54 Å². The maximum atomic E-state index is 14.2. The largest absolute Gasteiger partial charge is 0.305 e. The van der Waals surface area contributed by atoms with Gasteiger partial charge >= 0.3 is 0 Å². The first-order valence-electron chi connectivity index (χ1n) is 7.74. The van der Waals surface area contributed by atoms with Gasteiger partial charge in [-0.05, 0) is 48.6 Å². The van der Waals surface area contributed by atoms with Crippen LogP contribution in [0.2, 0.25) is 0 Å². The molecule has 2 nitrogen and oxygen atoms in total. The highest BCUT2D eigenvalue weighted by molar-refractivity contribution is 5.38. The maximum Gasteiger partial charge on any atom is 0.146 e. The van der Waals surface area contributed by atoms with E-state index in [-0.39, 0.29) is 11.9 Å². The van der Waals surface area contributed by atoms with Crippen LogP contribution < -0.4 is 5.32 Å². The molecule has 1 atom stereocenters. The molecule has 1 aliphatic rings. The van der Waals surface area contributed by atoms with Gasteiger partial charge in [-0.3, -0.25) is 4.98 Å². The molecule has 1 heterocycles. The van der Waals surface area contributed by atoms with Crippen LogP contribution >= 0.6 is 0 Å². The van der Waals surface area contributed by atoms with Crippen molar-refractivity contribution in [3.8, 4) is 0 Å². The zero-order valence-corrected chi connectivity index (χ0v) is 12.3. The van der Waals surface area contributed by atoms with E-state index in [2.05, 4.69) is 28.5 Å². The summed E-state index contributed by atoms with van der Waals surface area (Å²) in [7, 11) is 0. The fourth-order valence-electron chi connectivity index (χ4n) is 3.03. The molecule has 110 valence electrons. The molecule has 0 aliphatic heterocycles. The number of hydrogen-bond donors (Lipinski definition) is 1. The first-order chi connectivity index (χ1) is 10.3. The molecule has 0 bridgehead atoms. The molecule has 1 fully saturated rings. The lowest BCUT2D eigenvalue weighted by molar-refractivity contribution is 0.413.